The SMILES string of the molecule is CC(=O)Nc1cccc(NC(=O)CSc2nc(=O)n3cc(C)ccc3n2)c1. The molecule has 1 aromatic carbocycles. The van der Waals surface area contributed by atoms with Crippen molar-refractivity contribution in [3.8, 4) is 0 Å². The first-order valence-electron chi connectivity index (χ1n) is 8.08. The van der Waals surface area contributed by atoms with Crippen molar-refractivity contribution in [2.45, 2.75) is 19.0 Å². The summed E-state index contributed by atoms with van der Waals surface area (Å²) in [6.45, 7) is 3.29. The second-order valence-electron chi connectivity index (χ2n) is 5.82. The second-order valence-corrected chi connectivity index (χ2v) is 6.76. The maximum absolute atomic E-state index is 12.2. The number of anilines is 2. The minimum Gasteiger partial charge on any atom is -0.326 e. The van der Waals surface area contributed by atoms with Crippen molar-refractivity contribution >= 4 is 40.6 Å². The zero-order chi connectivity index (χ0) is 19.4. The Labute approximate surface area is 159 Å². The van der Waals surface area contributed by atoms with E-state index in [1.165, 1.54) is 11.3 Å². The maximum Gasteiger partial charge on any atom is 0.355 e. The average molecular weight is 383 g/mol. The minimum absolute atomic E-state index is 0.0475. The molecule has 0 radical (unpaired) electrons. The number of aryl methyl sites for hydroxylation is 1. The van der Waals surface area contributed by atoms with Crippen molar-refractivity contribution in [1.29, 1.82) is 0 Å². The third-order valence-corrected chi connectivity index (χ3v) is 4.33. The van der Waals surface area contributed by atoms with E-state index in [1.807, 2.05) is 13.0 Å². The monoisotopic (exact) mass is 383 g/mol. The van der Waals surface area contributed by atoms with Gasteiger partial charge in [0.2, 0.25) is 11.8 Å². The lowest BCUT2D eigenvalue weighted by Gasteiger charge is -2.08. The molecule has 8 nitrogen and oxygen atoms in total. The van der Waals surface area contributed by atoms with Crippen LogP contribution in [0.25, 0.3) is 5.65 Å². The summed E-state index contributed by atoms with van der Waals surface area (Å²) in [6, 6.07) is 10.4. The highest BCUT2D eigenvalue weighted by atomic mass is 32.2. The number of pyridine rings is 1. The van der Waals surface area contributed by atoms with Gasteiger partial charge in [0.1, 0.15) is 5.65 Å². The Morgan fingerprint density at radius 3 is 2.59 bits per heavy atom. The summed E-state index contributed by atoms with van der Waals surface area (Å²) in [5, 5.41) is 5.63. The zero-order valence-corrected chi connectivity index (χ0v) is 15.5. The Hall–Kier alpha value is -3.20. The molecule has 27 heavy (non-hydrogen) atoms. The van der Waals surface area contributed by atoms with E-state index in [0.29, 0.717) is 17.0 Å². The number of benzene rings is 1. The van der Waals surface area contributed by atoms with Crippen LogP contribution in [-0.2, 0) is 9.59 Å². The molecular formula is C18H17N5O3S. The van der Waals surface area contributed by atoms with Gasteiger partial charge in [-0.15, -0.1) is 0 Å². The Kier molecular flexibility index (Phi) is 5.51. The molecule has 0 aliphatic rings. The van der Waals surface area contributed by atoms with Gasteiger partial charge >= 0.3 is 5.69 Å². The summed E-state index contributed by atoms with van der Waals surface area (Å²) in [5.41, 5.74) is 2.12. The summed E-state index contributed by atoms with van der Waals surface area (Å²) in [6.07, 6.45) is 1.67. The van der Waals surface area contributed by atoms with Gasteiger partial charge in [-0.1, -0.05) is 23.9 Å². The molecule has 138 valence electrons. The van der Waals surface area contributed by atoms with Crippen LogP contribution in [0.3, 0.4) is 0 Å². The molecule has 0 fully saturated rings. The van der Waals surface area contributed by atoms with Crippen molar-refractivity contribution in [1.82, 2.24) is 14.4 Å². The van der Waals surface area contributed by atoms with Crippen LogP contribution >= 0.6 is 11.8 Å². The maximum atomic E-state index is 12.2. The van der Waals surface area contributed by atoms with Gasteiger partial charge in [-0.2, -0.15) is 4.98 Å². The number of nitrogens with zero attached hydrogens (tertiary/aromatic N) is 3. The number of hydrogen-bond acceptors (Lipinski definition) is 6. The average Bonchev–Trinajstić information content (AvgIpc) is 2.60. The predicted octanol–water partition coefficient (Wildman–Crippen LogP) is 2.09. The molecule has 2 aromatic heterocycles. The second kappa shape index (κ2) is 8.00. The van der Waals surface area contributed by atoms with Crippen LogP contribution in [-0.4, -0.2) is 31.9 Å². The van der Waals surface area contributed by atoms with Gasteiger partial charge in [-0.3, -0.25) is 14.0 Å². The largest absolute Gasteiger partial charge is 0.355 e. The van der Waals surface area contributed by atoms with Crippen LogP contribution < -0.4 is 16.3 Å². The molecule has 0 bridgehead atoms. The van der Waals surface area contributed by atoms with E-state index in [-0.39, 0.29) is 22.7 Å². The molecule has 0 saturated carbocycles. The van der Waals surface area contributed by atoms with E-state index in [4.69, 9.17) is 0 Å². The number of thioether (sulfide) groups is 1. The third kappa shape index (κ3) is 4.91. The summed E-state index contributed by atoms with van der Waals surface area (Å²) in [4.78, 5) is 43.5. The number of fused-ring (bicyclic) bond motifs is 1. The van der Waals surface area contributed by atoms with Crippen molar-refractivity contribution in [2.75, 3.05) is 16.4 Å². The molecule has 0 aliphatic heterocycles. The Morgan fingerprint density at radius 1 is 1.11 bits per heavy atom. The standard InChI is InChI=1S/C18H17N5O3S/c1-11-6-7-15-21-17(22-18(26)23(15)9-11)27-10-16(25)20-14-5-3-4-13(8-14)19-12(2)24/h3-9H,10H2,1-2H3,(H,19,24)(H,20,25). The first-order valence-corrected chi connectivity index (χ1v) is 9.06. The molecule has 0 spiro atoms. The third-order valence-electron chi connectivity index (χ3n) is 3.48. The van der Waals surface area contributed by atoms with Crippen molar-refractivity contribution in [2.24, 2.45) is 0 Å². The van der Waals surface area contributed by atoms with Crippen LogP contribution in [0.15, 0.2) is 52.5 Å². The molecule has 2 N–H and O–H groups in total. The lowest BCUT2D eigenvalue weighted by Crippen LogP contribution is -2.20. The molecule has 9 heteroatoms. The number of carbonyl (C=O) groups excluding carboxylic acids is 2. The van der Waals surface area contributed by atoms with Gasteiger partial charge < -0.3 is 10.6 Å². The quantitative estimate of drug-likeness (QED) is 0.654. The Bertz CT molecular complexity index is 1080. The van der Waals surface area contributed by atoms with E-state index in [0.717, 1.165) is 17.3 Å². The van der Waals surface area contributed by atoms with Crippen LogP contribution in [0, 0.1) is 6.92 Å². The fourth-order valence-corrected chi connectivity index (χ4v) is 3.00. The summed E-state index contributed by atoms with van der Waals surface area (Å²) in [5.74, 6) is -0.414. The zero-order valence-electron chi connectivity index (χ0n) is 14.7. The highest BCUT2D eigenvalue weighted by Crippen LogP contribution is 2.17. The van der Waals surface area contributed by atoms with Crippen molar-refractivity contribution < 1.29 is 9.59 Å². The lowest BCUT2D eigenvalue weighted by molar-refractivity contribution is -0.114. The van der Waals surface area contributed by atoms with E-state index >= 15 is 0 Å². The molecule has 0 unspecified atom stereocenters. The fourth-order valence-electron chi connectivity index (χ4n) is 2.37. The van der Waals surface area contributed by atoms with Gasteiger partial charge in [-0.25, -0.2) is 9.78 Å². The number of carbonyl (C=O) groups is 2. The Balaban J connectivity index is 1.66. The normalized spacial score (nSPS) is 10.6. The first-order chi connectivity index (χ1) is 12.9. The molecular weight excluding hydrogens is 366 g/mol. The molecule has 2 heterocycles. The van der Waals surface area contributed by atoms with E-state index < -0.39 is 5.69 Å². The highest BCUT2D eigenvalue weighted by molar-refractivity contribution is 7.99. The summed E-state index contributed by atoms with van der Waals surface area (Å²) < 4.78 is 1.37. The molecule has 0 atom stereocenters. The smallest absolute Gasteiger partial charge is 0.326 e. The van der Waals surface area contributed by atoms with Crippen LogP contribution in [0.5, 0.6) is 0 Å². The lowest BCUT2D eigenvalue weighted by atomic mass is 10.2. The Morgan fingerprint density at radius 2 is 1.85 bits per heavy atom. The van der Waals surface area contributed by atoms with Crippen LogP contribution in [0.1, 0.15) is 12.5 Å². The van der Waals surface area contributed by atoms with Gasteiger partial charge in [0.05, 0.1) is 5.75 Å². The summed E-state index contributed by atoms with van der Waals surface area (Å²) in [7, 11) is 0. The van der Waals surface area contributed by atoms with E-state index in [2.05, 4.69) is 20.6 Å². The minimum atomic E-state index is -0.436. The number of rotatable bonds is 5. The van der Waals surface area contributed by atoms with Gasteiger partial charge in [0, 0.05) is 24.5 Å². The number of aromatic nitrogens is 3. The molecule has 0 saturated heterocycles. The molecule has 3 rings (SSSR count). The fraction of sp³-hybridized carbons (Fsp3) is 0.167. The molecule has 3 aromatic rings. The van der Waals surface area contributed by atoms with Crippen LogP contribution in [0.4, 0.5) is 11.4 Å². The number of amides is 2. The van der Waals surface area contributed by atoms with Crippen LogP contribution in [0.2, 0.25) is 0 Å². The number of nitrogens with one attached hydrogen (secondary N) is 2. The van der Waals surface area contributed by atoms with Crippen molar-refractivity contribution in [3.63, 3.8) is 0 Å². The summed E-state index contributed by atoms with van der Waals surface area (Å²) >= 11 is 1.08. The van der Waals surface area contributed by atoms with E-state index in [1.54, 1.807) is 36.5 Å². The number of hydrogen-bond donors (Lipinski definition) is 2. The molecule has 0 aliphatic carbocycles. The van der Waals surface area contributed by atoms with Crippen molar-refractivity contribution in [3.05, 3.63) is 58.6 Å². The van der Waals surface area contributed by atoms with Gasteiger partial charge in [-0.05, 0) is 36.8 Å². The van der Waals surface area contributed by atoms with Gasteiger partial charge in [0.25, 0.3) is 0 Å². The first kappa shape index (κ1) is 18.6. The molecule has 2 amide bonds. The van der Waals surface area contributed by atoms with Gasteiger partial charge in [0.15, 0.2) is 5.16 Å². The van der Waals surface area contributed by atoms with E-state index in [9.17, 15) is 14.4 Å². The topological polar surface area (TPSA) is 105 Å². The predicted molar refractivity (Wildman–Crippen MR) is 104 cm³/mol. The highest BCUT2D eigenvalue weighted by Gasteiger charge is 2.09.